The van der Waals surface area contributed by atoms with E-state index < -0.39 is 0 Å². The van der Waals surface area contributed by atoms with Crippen molar-refractivity contribution in [2.45, 2.75) is 12.5 Å². The summed E-state index contributed by atoms with van der Waals surface area (Å²) in [6.07, 6.45) is 1.33. The summed E-state index contributed by atoms with van der Waals surface area (Å²) >= 11 is 5.24. The van der Waals surface area contributed by atoms with Crippen LogP contribution in [0.15, 0.2) is 18.2 Å². The Balaban J connectivity index is 2.05. The molecule has 3 rings (SSSR count). The molecule has 1 aliphatic rings. The zero-order chi connectivity index (χ0) is 11.8. The standard InChI is InChI=1S/C12H15N3OS/c1-15-11-9(14-12(15)17)3-2-4-10(11)16-8-5-6-13-7-8/h2-4,8,13H,5-7H2,1H3,(H,14,17). The molecule has 1 aliphatic heterocycles. The number of nitrogens with zero attached hydrogens (tertiary/aromatic N) is 1. The highest BCUT2D eigenvalue weighted by atomic mass is 32.1. The number of hydrogen-bond acceptors (Lipinski definition) is 3. The quantitative estimate of drug-likeness (QED) is 0.800. The van der Waals surface area contributed by atoms with Crippen LogP contribution in [0.5, 0.6) is 5.75 Å². The third-order valence-corrected chi connectivity index (χ3v) is 3.57. The van der Waals surface area contributed by atoms with Gasteiger partial charge in [0.05, 0.1) is 5.52 Å². The Morgan fingerprint density at radius 3 is 3.12 bits per heavy atom. The van der Waals surface area contributed by atoms with Gasteiger partial charge in [0.15, 0.2) is 4.77 Å². The van der Waals surface area contributed by atoms with Gasteiger partial charge in [-0.25, -0.2) is 0 Å². The van der Waals surface area contributed by atoms with Gasteiger partial charge in [-0.15, -0.1) is 0 Å². The number of fused-ring (bicyclic) bond motifs is 1. The maximum Gasteiger partial charge on any atom is 0.177 e. The summed E-state index contributed by atoms with van der Waals surface area (Å²) in [6, 6.07) is 6.01. The minimum Gasteiger partial charge on any atom is -0.487 e. The van der Waals surface area contributed by atoms with Crippen molar-refractivity contribution in [1.29, 1.82) is 0 Å². The van der Waals surface area contributed by atoms with Crippen molar-refractivity contribution in [2.24, 2.45) is 7.05 Å². The molecule has 1 fully saturated rings. The zero-order valence-corrected chi connectivity index (χ0v) is 10.5. The van der Waals surface area contributed by atoms with Crippen molar-refractivity contribution >= 4 is 23.3 Å². The van der Waals surface area contributed by atoms with Gasteiger partial charge in [-0.2, -0.15) is 0 Å². The van der Waals surface area contributed by atoms with Crippen LogP contribution in [0.4, 0.5) is 0 Å². The lowest BCUT2D eigenvalue weighted by Gasteiger charge is -2.13. The maximum absolute atomic E-state index is 6.03. The van der Waals surface area contributed by atoms with E-state index >= 15 is 0 Å². The SMILES string of the molecule is Cn1c(=S)[nH]c2cccc(OC3CCNC3)c21. The van der Waals surface area contributed by atoms with Crippen molar-refractivity contribution in [2.75, 3.05) is 13.1 Å². The van der Waals surface area contributed by atoms with Crippen LogP contribution in [-0.2, 0) is 7.05 Å². The number of imidazole rings is 1. The minimum absolute atomic E-state index is 0.268. The van der Waals surface area contributed by atoms with E-state index in [1.54, 1.807) is 0 Å². The molecule has 2 heterocycles. The molecule has 2 N–H and O–H groups in total. The van der Waals surface area contributed by atoms with Gasteiger partial charge in [-0.1, -0.05) is 6.07 Å². The predicted octanol–water partition coefficient (Wildman–Crippen LogP) is 1.98. The molecular formula is C12H15N3OS. The summed E-state index contributed by atoms with van der Waals surface area (Å²) in [6.45, 7) is 1.96. The first-order valence-corrected chi connectivity index (χ1v) is 6.21. The molecule has 0 spiro atoms. The summed E-state index contributed by atoms with van der Waals surface area (Å²) in [4.78, 5) is 3.17. The van der Waals surface area contributed by atoms with Gasteiger partial charge in [0.2, 0.25) is 0 Å². The first-order chi connectivity index (χ1) is 8.25. The lowest BCUT2D eigenvalue weighted by atomic mass is 10.2. The Hall–Kier alpha value is -1.33. The lowest BCUT2D eigenvalue weighted by molar-refractivity contribution is 0.225. The molecule has 5 heteroatoms. The highest BCUT2D eigenvalue weighted by molar-refractivity contribution is 7.71. The van der Waals surface area contributed by atoms with E-state index in [1.165, 1.54) is 0 Å². The molecule has 1 aromatic heterocycles. The largest absolute Gasteiger partial charge is 0.487 e. The van der Waals surface area contributed by atoms with Gasteiger partial charge in [0.25, 0.3) is 0 Å². The van der Waals surface area contributed by atoms with Gasteiger partial charge >= 0.3 is 0 Å². The number of aromatic amines is 1. The van der Waals surface area contributed by atoms with Crippen molar-refractivity contribution in [3.05, 3.63) is 23.0 Å². The molecule has 0 bridgehead atoms. The predicted molar refractivity (Wildman–Crippen MR) is 70.0 cm³/mol. The summed E-state index contributed by atoms with van der Waals surface area (Å²) in [5, 5.41) is 3.30. The summed E-state index contributed by atoms with van der Waals surface area (Å²) in [7, 11) is 1.96. The summed E-state index contributed by atoms with van der Waals surface area (Å²) in [5.41, 5.74) is 2.07. The van der Waals surface area contributed by atoms with Crippen molar-refractivity contribution in [1.82, 2.24) is 14.9 Å². The smallest absolute Gasteiger partial charge is 0.177 e. The van der Waals surface area contributed by atoms with Crippen LogP contribution in [0.2, 0.25) is 0 Å². The third-order valence-electron chi connectivity index (χ3n) is 3.19. The number of aryl methyl sites for hydroxylation is 1. The second-order valence-corrected chi connectivity index (χ2v) is 4.76. The fourth-order valence-electron chi connectivity index (χ4n) is 2.27. The summed E-state index contributed by atoms with van der Waals surface area (Å²) < 4.78 is 8.72. The molecule has 2 aromatic rings. The van der Waals surface area contributed by atoms with Gasteiger partial charge in [0, 0.05) is 13.6 Å². The molecule has 0 radical (unpaired) electrons. The monoisotopic (exact) mass is 249 g/mol. The normalized spacial score (nSPS) is 19.9. The molecular weight excluding hydrogens is 234 g/mol. The van der Waals surface area contributed by atoms with Crippen LogP contribution in [0.1, 0.15) is 6.42 Å². The molecule has 1 unspecified atom stereocenters. The summed E-state index contributed by atoms with van der Waals surface area (Å²) in [5.74, 6) is 0.908. The van der Waals surface area contributed by atoms with Crippen LogP contribution in [0, 0.1) is 4.77 Å². The molecule has 17 heavy (non-hydrogen) atoms. The average Bonchev–Trinajstić information content (AvgIpc) is 2.90. The number of para-hydroxylation sites is 1. The average molecular weight is 249 g/mol. The fraction of sp³-hybridized carbons (Fsp3) is 0.417. The molecule has 4 nitrogen and oxygen atoms in total. The zero-order valence-electron chi connectivity index (χ0n) is 9.69. The molecule has 1 saturated heterocycles. The van der Waals surface area contributed by atoms with Crippen LogP contribution in [0.25, 0.3) is 11.0 Å². The molecule has 90 valence electrons. The number of hydrogen-bond donors (Lipinski definition) is 2. The van der Waals surface area contributed by atoms with Crippen molar-refractivity contribution < 1.29 is 4.74 Å². The van der Waals surface area contributed by atoms with Crippen LogP contribution in [0.3, 0.4) is 0 Å². The molecule has 1 aromatic carbocycles. The van der Waals surface area contributed by atoms with E-state index in [2.05, 4.69) is 10.3 Å². The van der Waals surface area contributed by atoms with E-state index in [4.69, 9.17) is 17.0 Å². The maximum atomic E-state index is 6.03. The Bertz CT molecular complexity index is 595. The molecule has 0 aliphatic carbocycles. The van der Waals surface area contributed by atoms with Crippen molar-refractivity contribution in [3.63, 3.8) is 0 Å². The Morgan fingerprint density at radius 2 is 2.35 bits per heavy atom. The van der Waals surface area contributed by atoms with Crippen molar-refractivity contribution in [3.8, 4) is 5.75 Å². The number of benzene rings is 1. The lowest BCUT2D eigenvalue weighted by Crippen LogP contribution is -2.19. The van der Waals surface area contributed by atoms with Gasteiger partial charge < -0.3 is 19.6 Å². The minimum atomic E-state index is 0.268. The highest BCUT2D eigenvalue weighted by Crippen LogP contribution is 2.26. The van der Waals surface area contributed by atoms with Crippen LogP contribution >= 0.6 is 12.2 Å². The van der Waals surface area contributed by atoms with E-state index in [9.17, 15) is 0 Å². The Kier molecular flexibility index (Phi) is 2.64. The third kappa shape index (κ3) is 1.85. The number of H-pyrrole nitrogens is 1. The van der Waals surface area contributed by atoms with E-state index in [0.717, 1.165) is 41.1 Å². The number of aromatic nitrogens is 2. The second-order valence-electron chi connectivity index (χ2n) is 4.37. The topological polar surface area (TPSA) is 42.0 Å². The van der Waals surface area contributed by atoms with E-state index in [1.807, 2.05) is 29.8 Å². The van der Waals surface area contributed by atoms with Gasteiger partial charge in [0.1, 0.15) is 17.4 Å². The van der Waals surface area contributed by atoms with Gasteiger partial charge in [-0.05, 0) is 37.3 Å². The second kappa shape index (κ2) is 4.16. The van der Waals surface area contributed by atoms with Crippen LogP contribution in [-0.4, -0.2) is 28.7 Å². The van der Waals surface area contributed by atoms with E-state index in [0.29, 0.717) is 0 Å². The molecule has 1 atom stereocenters. The Morgan fingerprint density at radius 1 is 1.47 bits per heavy atom. The number of nitrogens with one attached hydrogen (secondary N) is 2. The number of ether oxygens (including phenoxy) is 1. The molecule has 0 amide bonds. The van der Waals surface area contributed by atoms with E-state index in [-0.39, 0.29) is 6.10 Å². The van der Waals surface area contributed by atoms with Crippen LogP contribution < -0.4 is 10.1 Å². The highest BCUT2D eigenvalue weighted by Gasteiger charge is 2.18. The Labute approximate surface area is 105 Å². The molecule has 0 saturated carbocycles. The number of rotatable bonds is 2. The fourth-order valence-corrected chi connectivity index (χ4v) is 2.47. The first kappa shape index (κ1) is 10.8. The van der Waals surface area contributed by atoms with Gasteiger partial charge in [-0.3, -0.25) is 0 Å². The first-order valence-electron chi connectivity index (χ1n) is 5.81.